The van der Waals surface area contributed by atoms with E-state index in [1.165, 1.54) is 23.1 Å². The van der Waals surface area contributed by atoms with Crippen molar-refractivity contribution in [2.45, 2.75) is 0 Å². The lowest BCUT2D eigenvalue weighted by molar-refractivity contribution is -0.126. The number of carbonyl (C=O) groups excluding carboxylic acids is 1. The van der Waals surface area contributed by atoms with Crippen molar-refractivity contribution in [1.29, 1.82) is 0 Å². The third-order valence-electron chi connectivity index (χ3n) is 1.94. The summed E-state index contributed by atoms with van der Waals surface area (Å²) in [5, 5.41) is 2.78. The lowest BCUT2D eigenvalue weighted by Gasteiger charge is -2.12. The fourth-order valence-electron chi connectivity index (χ4n) is 1.01. The van der Waals surface area contributed by atoms with Crippen LogP contribution in [0.3, 0.4) is 0 Å². The zero-order valence-electron chi connectivity index (χ0n) is 8.75. The summed E-state index contributed by atoms with van der Waals surface area (Å²) in [6.07, 6.45) is 0. The van der Waals surface area contributed by atoms with Gasteiger partial charge in [-0.1, -0.05) is 0 Å². The number of carbonyl (C=O) groups is 1. The molecule has 3 N–H and O–H groups in total. The molecule has 0 unspecified atom stereocenters. The van der Waals surface area contributed by atoms with Gasteiger partial charge < -0.3 is 16.0 Å². The van der Waals surface area contributed by atoms with Crippen molar-refractivity contribution in [3.8, 4) is 0 Å². The van der Waals surface area contributed by atoms with E-state index in [-0.39, 0.29) is 18.3 Å². The number of nitrogens with one attached hydrogen (secondary N) is 1. The molecule has 0 aromatic heterocycles. The predicted molar refractivity (Wildman–Crippen MR) is 58.0 cm³/mol. The van der Waals surface area contributed by atoms with Crippen LogP contribution in [0.15, 0.2) is 18.2 Å². The van der Waals surface area contributed by atoms with Gasteiger partial charge in [0.25, 0.3) is 0 Å². The van der Waals surface area contributed by atoms with Crippen molar-refractivity contribution in [3.63, 3.8) is 0 Å². The first kappa shape index (κ1) is 11.3. The number of hydrogen-bond acceptors (Lipinski definition) is 3. The molecule has 4 nitrogen and oxygen atoms in total. The zero-order chi connectivity index (χ0) is 11.4. The zero-order valence-corrected chi connectivity index (χ0v) is 8.75. The number of nitrogen functional groups attached to an aromatic ring is 1. The van der Waals surface area contributed by atoms with E-state index >= 15 is 0 Å². The average Bonchev–Trinajstić information content (AvgIpc) is 2.18. The maximum Gasteiger partial charge on any atom is 0.241 e. The van der Waals surface area contributed by atoms with E-state index in [0.29, 0.717) is 11.4 Å². The number of hydrogen-bond donors (Lipinski definition) is 2. The fourth-order valence-corrected chi connectivity index (χ4v) is 1.01. The molecule has 0 aliphatic heterocycles. The van der Waals surface area contributed by atoms with Gasteiger partial charge in [0.1, 0.15) is 5.82 Å². The van der Waals surface area contributed by atoms with Crippen molar-refractivity contribution in [3.05, 3.63) is 24.0 Å². The number of halogens is 1. The molecule has 0 bridgehead atoms. The Bertz CT molecular complexity index is 366. The standard InChI is InChI=1S/C10H14FN3O/c1-14(2)10(15)6-13-9-5-7(11)3-4-8(9)12/h3-5,13H,6,12H2,1-2H3. The van der Waals surface area contributed by atoms with E-state index in [1.54, 1.807) is 14.1 Å². The quantitative estimate of drug-likeness (QED) is 0.730. The number of benzene rings is 1. The molecule has 0 fully saturated rings. The number of amides is 1. The molecule has 5 heteroatoms. The minimum Gasteiger partial charge on any atom is -0.397 e. The maximum atomic E-state index is 12.8. The van der Waals surface area contributed by atoms with E-state index in [0.717, 1.165) is 0 Å². The van der Waals surface area contributed by atoms with E-state index in [1.807, 2.05) is 0 Å². The third-order valence-corrected chi connectivity index (χ3v) is 1.94. The summed E-state index contributed by atoms with van der Waals surface area (Å²) >= 11 is 0. The molecule has 1 aromatic rings. The second-order valence-electron chi connectivity index (χ2n) is 3.37. The first-order valence-electron chi connectivity index (χ1n) is 4.49. The summed E-state index contributed by atoms with van der Waals surface area (Å²) in [4.78, 5) is 12.7. The lowest BCUT2D eigenvalue weighted by atomic mass is 10.2. The molecule has 82 valence electrons. The van der Waals surface area contributed by atoms with Crippen LogP contribution in [0.25, 0.3) is 0 Å². The van der Waals surface area contributed by atoms with Crippen LogP contribution < -0.4 is 11.1 Å². The summed E-state index contributed by atoms with van der Waals surface area (Å²) in [6.45, 7) is 0.0979. The number of nitrogens with zero attached hydrogens (tertiary/aromatic N) is 1. The van der Waals surface area contributed by atoms with Gasteiger partial charge in [0.05, 0.1) is 17.9 Å². The lowest BCUT2D eigenvalue weighted by Crippen LogP contribution is -2.28. The Morgan fingerprint density at radius 3 is 2.80 bits per heavy atom. The minimum absolute atomic E-state index is 0.0979. The molecule has 0 spiro atoms. The SMILES string of the molecule is CN(C)C(=O)CNc1cc(F)ccc1N. The topological polar surface area (TPSA) is 58.4 Å². The molecule has 0 aliphatic carbocycles. The van der Waals surface area contributed by atoms with Gasteiger partial charge in [0, 0.05) is 14.1 Å². The van der Waals surface area contributed by atoms with Gasteiger partial charge in [0.2, 0.25) is 5.91 Å². The molecule has 1 rings (SSSR count). The Morgan fingerprint density at radius 2 is 2.20 bits per heavy atom. The predicted octanol–water partition coefficient (Wildman–Crippen LogP) is 0.908. The second-order valence-corrected chi connectivity index (χ2v) is 3.37. The summed E-state index contributed by atoms with van der Waals surface area (Å²) in [6, 6.07) is 3.99. The maximum absolute atomic E-state index is 12.8. The Morgan fingerprint density at radius 1 is 1.53 bits per heavy atom. The molecule has 15 heavy (non-hydrogen) atoms. The normalized spacial score (nSPS) is 9.80. The molecule has 0 saturated carbocycles. The van der Waals surface area contributed by atoms with Crippen LogP contribution >= 0.6 is 0 Å². The van der Waals surface area contributed by atoms with Crippen molar-refractivity contribution in [1.82, 2.24) is 4.90 Å². The molecule has 0 atom stereocenters. The molecular weight excluding hydrogens is 197 g/mol. The first-order chi connectivity index (χ1) is 7.00. The highest BCUT2D eigenvalue weighted by atomic mass is 19.1. The molecule has 0 heterocycles. The van der Waals surface area contributed by atoms with Crippen LogP contribution in [-0.4, -0.2) is 31.4 Å². The summed E-state index contributed by atoms with van der Waals surface area (Å²) < 4.78 is 12.8. The van der Waals surface area contributed by atoms with Crippen molar-refractivity contribution >= 4 is 17.3 Å². The minimum atomic E-state index is -0.385. The summed E-state index contributed by atoms with van der Waals surface area (Å²) in [7, 11) is 3.30. The van der Waals surface area contributed by atoms with E-state index in [4.69, 9.17) is 5.73 Å². The highest BCUT2D eigenvalue weighted by Crippen LogP contribution is 2.18. The molecule has 0 radical (unpaired) electrons. The van der Waals surface area contributed by atoms with Crippen molar-refractivity contribution in [2.24, 2.45) is 0 Å². The highest BCUT2D eigenvalue weighted by Gasteiger charge is 2.05. The number of likely N-dealkylation sites (N-methyl/N-ethyl adjacent to an activating group) is 1. The first-order valence-corrected chi connectivity index (χ1v) is 4.49. The Kier molecular flexibility index (Phi) is 3.49. The van der Waals surface area contributed by atoms with Gasteiger partial charge >= 0.3 is 0 Å². The Balaban J connectivity index is 2.65. The average molecular weight is 211 g/mol. The Labute approximate surface area is 87.9 Å². The van der Waals surface area contributed by atoms with Gasteiger partial charge in [-0.2, -0.15) is 0 Å². The van der Waals surface area contributed by atoms with Crippen LogP contribution in [-0.2, 0) is 4.79 Å². The number of rotatable bonds is 3. The van der Waals surface area contributed by atoms with Gasteiger partial charge in [-0.3, -0.25) is 4.79 Å². The highest BCUT2D eigenvalue weighted by molar-refractivity contribution is 5.81. The van der Waals surface area contributed by atoms with Crippen LogP contribution in [0.5, 0.6) is 0 Å². The Hall–Kier alpha value is -1.78. The smallest absolute Gasteiger partial charge is 0.241 e. The molecule has 1 aromatic carbocycles. The molecule has 0 aliphatic rings. The summed E-state index contributed by atoms with van der Waals surface area (Å²) in [5.41, 5.74) is 6.45. The van der Waals surface area contributed by atoms with Gasteiger partial charge in [-0.05, 0) is 18.2 Å². The van der Waals surface area contributed by atoms with Crippen molar-refractivity contribution < 1.29 is 9.18 Å². The van der Waals surface area contributed by atoms with E-state index < -0.39 is 0 Å². The molecular formula is C10H14FN3O. The second kappa shape index (κ2) is 4.63. The summed E-state index contributed by atoms with van der Waals surface area (Å²) in [5.74, 6) is -0.484. The monoisotopic (exact) mass is 211 g/mol. The van der Waals surface area contributed by atoms with Gasteiger partial charge in [-0.25, -0.2) is 4.39 Å². The van der Waals surface area contributed by atoms with E-state index in [9.17, 15) is 9.18 Å². The van der Waals surface area contributed by atoms with Crippen molar-refractivity contribution in [2.75, 3.05) is 31.7 Å². The van der Waals surface area contributed by atoms with Crippen LogP contribution in [0.2, 0.25) is 0 Å². The largest absolute Gasteiger partial charge is 0.397 e. The fraction of sp³-hybridized carbons (Fsp3) is 0.300. The molecule has 1 amide bonds. The van der Waals surface area contributed by atoms with Gasteiger partial charge in [-0.15, -0.1) is 0 Å². The number of anilines is 2. The van der Waals surface area contributed by atoms with Crippen LogP contribution in [0.1, 0.15) is 0 Å². The van der Waals surface area contributed by atoms with Gasteiger partial charge in [0.15, 0.2) is 0 Å². The molecule has 0 saturated heterocycles. The van der Waals surface area contributed by atoms with Crippen LogP contribution in [0.4, 0.5) is 15.8 Å². The number of nitrogens with two attached hydrogens (primary N) is 1. The van der Waals surface area contributed by atoms with Crippen LogP contribution in [0, 0.1) is 5.82 Å². The third kappa shape index (κ3) is 3.12. The van der Waals surface area contributed by atoms with E-state index in [2.05, 4.69) is 5.32 Å².